The molecule has 3 aromatic rings. The van der Waals surface area contributed by atoms with Gasteiger partial charge in [0.25, 0.3) is 5.56 Å². The topological polar surface area (TPSA) is 80.0 Å². The third-order valence-corrected chi connectivity index (χ3v) is 4.45. The fourth-order valence-corrected chi connectivity index (χ4v) is 3.01. The van der Waals surface area contributed by atoms with Crippen molar-refractivity contribution >= 4 is 17.0 Å². The molecule has 6 nitrogen and oxygen atoms in total. The molecular weight excluding hydrogens is 359 g/mol. The quantitative estimate of drug-likeness (QED) is 0.702. The van der Waals surface area contributed by atoms with Gasteiger partial charge in [-0.2, -0.15) is 4.98 Å². The Morgan fingerprint density at radius 2 is 2.00 bits per heavy atom. The number of hydrogen-bond acceptors (Lipinski definition) is 5. The van der Waals surface area contributed by atoms with Crippen molar-refractivity contribution in [2.75, 3.05) is 5.32 Å². The summed E-state index contributed by atoms with van der Waals surface area (Å²) < 4.78 is 15.6. The second-order valence-corrected chi connectivity index (χ2v) is 8.17. The van der Waals surface area contributed by atoms with Gasteiger partial charge in [-0.3, -0.25) is 9.36 Å². The Morgan fingerprint density at radius 1 is 1.25 bits per heavy atom. The maximum absolute atomic E-state index is 14.0. The molecule has 0 spiro atoms. The lowest BCUT2D eigenvalue weighted by atomic mass is 9.97. The number of nitrogens with zero attached hydrogens (tertiary/aromatic N) is 3. The van der Waals surface area contributed by atoms with Crippen molar-refractivity contribution in [1.82, 2.24) is 14.5 Å². The van der Waals surface area contributed by atoms with Crippen LogP contribution in [0.2, 0.25) is 0 Å². The van der Waals surface area contributed by atoms with Gasteiger partial charge in [0.1, 0.15) is 11.5 Å². The first-order valence-electron chi connectivity index (χ1n) is 9.20. The molecule has 0 amide bonds. The number of aliphatic hydroxyl groups excluding tert-OH is 1. The molecule has 1 atom stereocenters. The second-order valence-electron chi connectivity index (χ2n) is 8.17. The van der Waals surface area contributed by atoms with Gasteiger partial charge in [-0.1, -0.05) is 32.9 Å². The molecule has 7 heteroatoms. The lowest BCUT2D eigenvalue weighted by Gasteiger charge is -2.21. The van der Waals surface area contributed by atoms with Gasteiger partial charge in [0.2, 0.25) is 5.95 Å². The lowest BCUT2D eigenvalue weighted by Crippen LogP contribution is -2.27. The minimum atomic E-state index is -0.452. The van der Waals surface area contributed by atoms with Gasteiger partial charge in [0.05, 0.1) is 12.6 Å². The molecule has 0 aliphatic heterocycles. The van der Waals surface area contributed by atoms with Crippen LogP contribution in [0.1, 0.15) is 44.9 Å². The zero-order chi connectivity index (χ0) is 20.5. The highest BCUT2D eigenvalue weighted by atomic mass is 19.1. The van der Waals surface area contributed by atoms with E-state index in [0.717, 1.165) is 5.39 Å². The summed E-state index contributed by atoms with van der Waals surface area (Å²) in [5.41, 5.74) is 1.33. The molecule has 0 aliphatic rings. The highest BCUT2D eigenvalue weighted by molar-refractivity contribution is 5.75. The van der Waals surface area contributed by atoms with Crippen LogP contribution in [0.4, 0.5) is 10.3 Å². The summed E-state index contributed by atoms with van der Waals surface area (Å²) in [5, 5.41) is 13.0. The first-order chi connectivity index (χ1) is 13.2. The minimum absolute atomic E-state index is 0.0874. The third kappa shape index (κ3) is 4.36. The average Bonchev–Trinajstić information content (AvgIpc) is 2.63. The predicted octanol–water partition coefficient (Wildman–Crippen LogP) is 3.64. The van der Waals surface area contributed by atoms with Gasteiger partial charge in [-0.15, -0.1) is 0 Å². The largest absolute Gasteiger partial charge is 0.392 e. The Kier molecular flexibility index (Phi) is 5.47. The predicted molar refractivity (Wildman–Crippen MR) is 108 cm³/mol. The van der Waals surface area contributed by atoms with E-state index in [1.165, 1.54) is 12.1 Å². The lowest BCUT2D eigenvalue weighted by molar-refractivity contribution is 0.275. The van der Waals surface area contributed by atoms with Gasteiger partial charge in [0.15, 0.2) is 0 Å². The van der Waals surface area contributed by atoms with E-state index in [1.54, 1.807) is 29.0 Å². The van der Waals surface area contributed by atoms with Crippen molar-refractivity contribution in [3.63, 3.8) is 0 Å². The molecule has 0 aliphatic carbocycles. The maximum atomic E-state index is 14.0. The third-order valence-electron chi connectivity index (χ3n) is 4.45. The van der Waals surface area contributed by atoms with Crippen LogP contribution in [0.5, 0.6) is 0 Å². The van der Waals surface area contributed by atoms with Crippen LogP contribution in [0.15, 0.2) is 41.3 Å². The Morgan fingerprint density at radius 3 is 2.64 bits per heavy atom. The van der Waals surface area contributed by atoms with Crippen LogP contribution < -0.4 is 10.9 Å². The van der Waals surface area contributed by atoms with Crippen molar-refractivity contribution in [2.24, 2.45) is 5.41 Å². The zero-order valence-corrected chi connectivity index (χ0v) is 16.5. The van der Waals surface area contributed by atoms with Crippen LogP contribution in [-0.4, -0.2) is 19.6 Å². The normalized spacial score (nSPS) is 12.9. The second kappa shape index (κ2) is 7.67. The number of hydrogen-bond donors (Lipinski definition) is 2. The number of fused-ring (bicyclic) bond motifs is 1. The maximum Gasteiger partial charge on any atom is 0.252 e. The summed E-state index contributed by atoms with van der Waals surface area (Å²) in [6, 6.07) is 7.69. The van der Waals surface area contributed by atoms with Crippen LogP contribution >= 0.6 is 0 Å². The number of pyridine rings is 1. The molecule has 28 heavy (non-hydrogen) atoms. The monoisotopic (exact) mass is 384 g/mol. The van der Waals surface area contributed by atoms with Crippen molar-refractivity contribution < 1.29 is 9.50 Å². The minimum Gasteiger partial charge on any atom is -0.392 e. The Labute approximate surface area is 163 Å². The van der Waals surface area contributed by atoms with Crippen molar-refractivity contribution in [3.8, 4) is 0 Å². The molecule has 0 saturated heterocycles. The summed E-state index contributed by atoms with van der Waals surface area (Å²) in [4.78, 5) is 21.3. The van der Waals surface area contributed by atoms with Crippen molar-refractivity contribution in [2.45, 2.75) is 46.9 Å². The van der Waals surface area contributed by atoms with E-state index >= 15 is 0 Å². The van der Waals surface area contributed by atoms with Gasteiger partial charge in [-0.05, 0) is 30.0 Å². The molecule has 2 heterocycles. The summed E-state index contributed by atoms with van der Waals surface area (Å²) >= 11 is 0. The smallest absolute Gasteiger partial charge is 0.252 e. The summed E-state index contributed by atoms with van der Waals surface area (Å²) in [6.07, 6.45) is 1.67. The zero-order valence-electron chi connectivity index (χ0n) is 16.5. The fourth-order valence-electron chi connectivity index (χ4n) is 3.01. The highest BCUT2D eigenvalue weighted by Gasteiger charge is 2.16. The standard InChI is InChI=1S/C21H25FN4O2/c1-13(14-5-6-16(11-27)17(22)9-14)24-20-23-10-15-7-8-18(28)26(19(15)25-20)12-21(2,3)4/h5-10,13,27H,11-12H2,1-4H3,(H,23,24,25)/t13-/m0/s1. The number of halogens is 1. The number of benzene rings is 1. The Bertz CT molecular complexity index is 1060. The van der Waals surface area contributed by atoms with E-state index in [0.29, 0.717) is 23.7 Å². The highest BCUT2D eigenvalue weighted by Crippen LogP contribution is 2.22. The molecule has 0 fully saturated rings. The molecule has 0 bridgehead atoms. The van der Waals surface area contributed by atoms with E-state index in [2.05, 4.69) is 36.1 Å². The number of nitrogens with one attached hydrogen (secondary N) is 1. The average molecular weight is 384 g/mol. The summed E-state index contributed by atoms with van der Waals surface area (Å²) in [7, 11) is 0. The van der Waals surface area contributed by atoms with Gasteiger partial charge >= 0.3 is 0 Å². The molecule has 0 radical (unpaired) electrons. The van der Waals surface area contributed by atoms with Gasteiger partial charge < -0.3 is 10.4 Å². The van der Waals surface area contributed by atoms with E-state index in [9.17, 15) is 9.18 Å². The van der Waals surface area contributed by atoms with E-state index in [1.807, 2.05) is 6.92 Å². The summed E-state index contributed by atoms with van der Waals surface area (Å²) in [5.74, 6) is -0.0907. The van der Waals surface area contributed by atoms with E-state index < -0.39 is 5.82 Å². The molecular formula is C21H25FN4O2. The van der Waals surface area contributed by atoms with Crippen LogP contribution in [0.3, 0.4) is 0 Å². The van der Waals surface area contributed by atoms with E-state index in [4.69, 9.17) is 5.11 Å². The molecule has 2 N–H and O–H groups in total. The number of aliphatic hydroxyl groups is 1. The molecule has 3 rings (SSSR count). The van der Waals surface area contributed by atoms with Crippen molar-refractivity contribution in [1.29, 1.82) is 0 Å². The van der Waals surface area contributed by atoms with E-state index in [-0.39, 0.29) is 29.2 Å². The molecule has 148 valence electrons. The number of aromatic nitrogens is 3. The van der Waals surface area contributed by atoms with Crippen molar-refractivity contribution in [3.05, 3.63) is 63.8 Å². The first kappa shape index (κ1) is 19.9. The van der Waals surface area contributed by atoms with Crippen LogP contribution in [0.25, 0.3) is 11.0 Å². The first-order valence-corrected chi connectivity index (χ1v) is 9.20. The van der Waals surface area contributed by atoms with Crippen LogP contribution in [-0.2, 0) is 13.2 Å². The molecule has 0 saturated carbocycles. The fraction of sp³-hybridized carbons (Fsp3) is 0.381. The SMILES string of the molecule is C[C@H](Nc1ncc2ccc(=O)n(CC(C)(C)C)c2n1)c1ccc(CO)c(F)c1. The van der Waals surface area contributed by atoms with Gasteiger partial charge in [0, 0.05) is 29.8 Å². The molecule has 0 unspecified atom stereocenters. The van der Waals surface area contributed by atoms with Gasteiger partial charge in [-0.25, -0.2) is 9.37 Å². The Hall–Kier alpha value is -2.80. The summed E-state index contributed by atoms with van der Waals surface area (Å²) in [6.45, 7) is 8.24. The van der Waals surface area contributed by atoms with Crippen LogP contribution in [0, 0.1) is 11.2 Å². The number of anilines is 1. The Balaban J connectivity index is 1.94. The number of rotatable bonds is 5. The molecule has 2 aromatic heterocycles. The molecule has 1 aromatic carbocycles.